The van der Waals surface area contributed by atoms with E-state index in [2.05, 4.69) is 27.7 Å². The smallest absolute Gasteiger partial charge is 0.0443 e. The third-order valence-corrected chi connectivity index (χ3v) is 6.64. The van der Waals surface area contributed by atoms with Crippen molar-refractivity contribution in [2.45, 2.75) is 163 Å². The zero-order valence-corrected chi connectivity index (χ0v) is 20.0. The first-order valence-corrected chi connectivity index (χ1v) is 13.2. The minimum atomic E-state index is 0.938. The molecule has 0 aromatic heterocycles. The predicted molar refractivity (Wildman–Crippen MR) is 127 cm³/mol. The van der Waals surface area contributed by atoms with E-state index in [1.54, 1.807) is 0 Å². The summed E-state index contributed by atoms with van der Waals surface area (Å²) in [5.41, 5.74) is 0. The van der Waals surface area contributed by atoms with Crippen LogP contribution in [0.5, 0.6) is 0 Å². The Labute approximate surface area is 174 Å². The summed E-state index contributed by atoms with van der Waals surface area (Å²) in [6, 6.07) is 0. The van der Waals surface area contributed by atoms with Crippen LogP contribution < -0.4 is 0 Å². The van der Waals surface area contributed by atoms with E-state index in [4.69, 9.17) is 0 Å². The van der Waals surface area contributed by atoms with Gasteiger partial charge in [0.05, 0.1) is 0 Å². The molecule has 0 unspecified atom stereocenters. The fraction of sp³-hybridized carbons (Fsp3) is 1.00. The van der Waals surface area contributed by atoms with Crippen LogP contribution in [0, 0.1) is 11.8 Å². The van der Waals surface area contributed by atoms with Gasteiger partial charge in [-0.05, 0) is 11.8 Å². The Hall–Kier alpha value is 0. The Morgan fingerprint density at radius 3 is 1.11 bits per heavy atom. The third-order valence-electron chi connectivity index (χ3n) is 6.64. The normalized spacial score (nSPS) is 13.8. The van der Waals surface area contributed by atoms with Gasteiger partial charge in [0.2, 0.25) is 0 Å². The second kappa shape index (κ2) is 22.3. The maximum Gasteiger partial charge on any atom is -0.0443 e. The lowest BCUT2D eigenvalue weighted by Gasteiger charge is -2.13. The molecule has 0 spiro atoms. The molecule has 0 bridgehead atoms. The van der Waals surface area contributed by atoms with E-state index in [0.717, 1.165) is 11.8 Å². The van der Waals surface area contributed by atoms with Gasteiger partial charge in [-0.1, -0.05) is 163 Å². The fourth-order valence-corrected chi connectivity index (χ4v) is 4.20. The van der Waals surface area contributed by atoms with Gasteiger partial charge in [0, 0.05) is 0 Å². The summed E-state index contributed by atoms with van der Waals surface area (Å²) < 4.78 is 0. The molecule has 0 radical (unpaired) electrons. The van der Waals surface area contributed by atoms with Gasteiger partial charge in [0.15, 0.2) is 0 Å². The molecule has 0 N–H and O–H groups in total. The van der Waals surface area contributed by atoms with Crippen molar-refractivity contribution in [1.29, 1.82) is 0 Å². The highest BCUT2D eigenvalue weighted by Gasteiger charge is 2.04. The Kier molecular flexibility index (Phi) is 22.3. The van der Waals surface area contributed by atoms with Crippen LogP contribution in [0.2, 0.25) is 0 Å². The largest absolute Gasteiger partial charge is 0.0654 e. The molecule has 0 aliphatic heterocycles. The lowest BCUT2D eigenvalue weighted by molar-refractivity contribution is 0.405. The van der Waals surface area contributed by atoms with Crippen molar-refractivity contribution in [3.05, 3.63) is 0 Å². The van der Waals surface area contributed by atoms with E-state index in [9.17, 15) is 0 Å². The highest BCUT2D eigenvalue weighted by Crippen LogP contribution is 2.20. The van der Waals surface area contributed by atoms with Crippen molar-refractivity contribution >= 4 is 0 Å². The standard InChI is InChI=1S/C27H56/c1-5-7-8-9-10-11-12-13-14-15-16-17-18-19-20-21-23-27(4)25-22-24-26(3)6-2/h26-27H,5-25H2,1-4H3/t26-,27+/m1/s1. The van der Waals surface area contributed by atoms with Crippen LogP contribution in [0.1, 0.15) is 163 Å². The van der Waals surface area contributed by atoms with E-state index in [1.807, 2.05) is 0 Å². The lowest BCUT2D eigenvalue weighted by Crippen LogP contribution is -1.98. The molecule has 0 aliphatic carbocycles. The molecule has 0 aromatic carbocycles. The van der Waals surface area contributed by atoms with E-state index >= 15 is 0 Å². The van der Waals surface area contributed by atoms with E-state index in [0.29, 0.717) is 0 Å². The van der Waals surface area contributed by atoms with Crippen LogP contribution in [0.15, 0.2) is 0 Å². The molecule has 0 aliphatic rings. The molecule has 0 heteroatoms. The first kappa shape index (κ1) is 27.0. The molecule has 164 valence electrons. The van der Waals surface area contributed by atoms with Gasteiger partial charge in [-0.15, -0.1) is 0 Å². The Balaban J connectivity index is 3.12. The summed E-state index contributed by atoms with van der Waals surface area (Å²) in [4.78, 5) is 0. The third kappa shape index (κ3) is 22.2. The second-order valence-corrected chi connectivity index (χ2v) is 9.64. The van der Waals surface area contributed by atoms with Crippen LogP contribution in [0.3, 0.4) is 0 Å². The lowest BCUT2D eigenvalue weighted by atomic mass is 9.93. The monoisotopic (exact) mass is 380 g/mol. The SMILES string of the molecule is CCCCCCCCCCCCCCCCCC[C@H](C)CCC[C@H](C)CC. The minimum Gasteiger partial charge on any atom is -0.0654 e. The maximum atomic E-state index is 2.47. The summed E-state index contributed by atoms with van der Waals surface area (Å²) >= 11 is 0. The zero-order valence-electron chi connectivity index (χ0n) is 20.0. The molecule has 27 heavy (non-hydrogen) atoms. The van der Waals surface area contributed by atoms with Crippen molar-refractivity contribution in [3.63, 3.8) is 0 Å². The molecule has 0 rings (SSSR count). The van der Waals surface area contributed by atoms with Gasteiger partial charge in [-0.25, -0.2) is 0 Å². The number of hydrogen-bond donors (Lipinski definition) is 0. The van der Waals surface area contributed by atoms with Crippen LogP contribution in [-0.4, -0.2) is 0 Å². The van der Waals surface area contributed by atoms with Gasteiger partial charge in [-0.2, -0.15) is 0 Å². The average molecular weight is 381 g/mol. The van der Waals surface area contributed by atoms with Gasteiger partial charge in [0.1, 0.15) is 0 Å². The van der Waals surface area contributed by atoms with Gasteiger partial charge < -0.3 is 0 Å². The van der Waals surface area contributed by atoms with Crippen molar-refractivity contribution in [2.75, 3.05) is 0 Å². The fourth-order valence-electron chi connectivity index (χ4n) is 4.20. The second-order valence-electron chi connectivity index (χ2n) is 9.64. The molecular formula is C27H56. The molecule has 2 atom stereocenters. The van der Waals surface area contributed by atoms with Crippen molar-refractivity contribution in [3.8, 4) is 0 Å². The highest BCUT2D eigenvalue weighted by molar-refractivity contribution is 4.58. The summed E-state index contributed by atoms with van der Waals surface area (Å²) in [7, 11) is 0. The molecule has 0 saturated carbocycles. The van der Waals surface area contributed by atoms with Crippen molar-refractivity contribution < 1.29 is 0 Å². The highest BCUT2D eigenvalue weighted by atomic mass is 14.1. The van der Waals surface area contributed by atoms with Crippen molar-refractivity contribution in [2.24, 2.45) is 11.8 Å². The number of unbranched alkanes of at least 4 members (excludes halogenated alkanes) is 15. The molecular weight excluding hydrogens is 324 g/mol. The zero-order chi connectivity index (χ0) is 20.0. The predicted octanol–water partition coefficient (Wildman–Crippen LogP) is 10.5. The van der Waals surface area contributed by atoms with Gasteiger partial charge >= 0.3 is 0 Å². The molecule has 0 nitrogen and oxygen atoms in total. The average Bonchev–Trinajstić information content (AvgIpc) is 2.67. The Morgan fingerprint density at radius 1 is 0.370 bits per heavy atom. The first-order chi connectivity index (χ1) is 13.2. The summed E-state index contributed by atoms with van der Waals surface area (Å²) in [6.45, 7) is 9.50. The van der Waals surface area contributed by atoms with Crippen LogP contribution in [0.25, 0.3) is 0 Å². The van der Waals surface area contributed by atoms with E-state index < -0.39 is 0 Å². The van der Waals surface area contributed by atoms with E-state index in [1.165, 1.54) is 135 Å². The summed E-state index contributed by atoms with van der Waals surface area (Å²) in [6.07, 6.45) is 30.8. The maximum absolute atomic E-state index is 2.47. The van der Waals surface area contributed by atoms with Crippen LogP contribution in [0.4, 0.5) is 0 Å². The summed E-state index contributed by atoms with van der Waals surface area (Å²) in [5, 5.41) is 0. The molecule has 0 aromatic rings. The quantitative estimate of drug-likeness (QED) is 0.164. The van der Waals surface area contributed by atoms with Gasteiger partial charge in [-0.3, -0.25) is 0 Å². The Bertz CT molecular complexity index is 257. The topological polar surface area (TPSA) is 0 Å². The molecule has 0 saturated heterocycles. The molecule has 0 heterocycles. The van der Waals surface area contributed by atoms with Gasteiger partial charge in [0.25, 0.3) is 0 Å². The molecule has 0 amide bonds. The summed E-state index contributed by atoms with van der Waals surface area (Å²) in [5.74, 6) is 1.90. The molecule has 0 fully saturated rings. The minimum absolute atomic E-state index is 0.938. The first-order valence-electron chi connectivity index (χ1n) is 13.2. The van der Waals surface area contributed by atoms with Crippen molar-refractivity contribution in [1.82, 2.24) is 0 Å². The Morgan fingerprint density at radius 2 is 0.704 bits per heavy atom. The van der Waals surface area contributed by atoms with Crippen LogP contribution in [-0.2, 0) is 0 Å². The van der Waals surface area contributed by atoms with Crippen LogP contribution >= 0.6 is 0 Å². The van der Waals surface area contributed by atoms with E-state index in [-0.39, 0.29) is 0 Å². The number of rotatable bonds is 22. The number of hydrogen-bond acceptors (Lipinski definition) is 0.